The first kappa shape index (κ1) is 11.1. The Balaban J connectivity index is 1.80. The minimum Gasteiger partial charge on any atom is -0.372 e. The van der Waals surface area contributed by atoms with Gasteiger partial charge in [0.15, 0.2) is 0 Å². The molecule has 5 rings (SSSR count). The summed E-state index contributed by atoms with van der Waals surface area (Å²) in [5.41, 5.74) is 9.03. The summed E-state index contributed by atoms with van der Waals surface area (Å²) in [5.74, 6) is 0.581. The van der Waals surface area contributed by atoms with E-state index in [1.165, 1.54) is 28.7 Å². The third-order valence-corrected chi connectivity index (χ3v) is 5.31. The van der Waals surface area contributed by atoms with Crippen molar-refractivity contribution in [2.24, 2.45) is 0 Å². The molecule has 0 N–H and O–H groups in total. The number of hydrogen-bond donors (Lipinski definition) is 0. The molecule has 0 unspecified atom stereocenters. The van der Waals surface area contributed by atoms with E-state index in [0.717, 1.165) is 25.9 Å². The fourth-order valence-electron chi connectivity index (χ4n) is 4.07. The van der Waals surface area contributed by atoms with E-state index in [-0.39, 0.29) is 0 Å². The Bertz CT molecular complexity index is 639. The molecule has 4 bridgehead atoms. The van der Waals surface area contributed by atoms with Gasteiger partial charge >= 0.3 is 0 Å². The quantitative estimate of drug-likeness (QED) is 0.703. The molecule has 3 aliphatic rings. The third-order valence-electron chi connectivity index (χ3n) is 5.31. The Kier molecular flexibility index (Phi) is 2.20. The van der Waals surface area contributed by atoms with Crippen molar-refractivity contribution in [3.05, 3.63) is 69.8 Å². The maximum absolute atomic E-state index is 5.97. The van der Waals surface area contributed by atoms with Gasteiger partial charge < -0.3 is 4.74 Å². The molecule has 2 aromatic carbocycles. The lowest BCUT2D eigenvalue weighted by Crippen LogP contribution is -2.33. The number of aryl methyl sites for hydroxylation is 4. The smallest absolute Gasteiger partial charge is 0.0918 e. The molecule has 1 nitrogen and oxygen atoms in total. The second-order valence-corrected chi connectivity index (χ2v) is 6.43. The van der Waals surface area contributed by atoms with Crippen molar-refractivity contribution in [3.63, 3.8) is 0 Å². The number of benzene rings is 2. The lowest BCUT2D eigenvalue weighted by atomic mass is 9.76. The summed E-state index contributed by atoms with van der Waals surface area (Å²) in [7, 11) is 0. The highest BCUT2D eigenvalue weighted by atomic mass is 16.5. The summed E-state index contributed by atoms with van der Waals surface area (Å²) in [4.78, 5) is 0. The molecule has 2 aromatic rings. The van der Waals surface area contributed by atoms with Gasteiger partial charge in [-0.2, -0.15) is 0 Å². The molecular formula is C19H18O. The van der Waals surface area contributed by atoms with Crippen LogP contribution < -0.4 is 0 Å². The van der Waals surface area contributed by atoms with Gasteiger partial charge in [-0.25, -0.2) is 0 Å². The molecule has 1 fully saturated rings. The highest BCUT2D eigenvalue weighted by Gasteiger charge is 2.38. The van der Waals surface area contributed by atoms with E-state index in [1.54, 1.807) is 11.1 Å². The summed E-state index contributed by atoms with van der Waals surface area (Å²) >= 11 is 0. The molecule has 2 atom stereocenters. The summed E-state index contributed by atoms with van der Waals surface area (Å²) in [6, 6.07) is 14.3. The molecule has 1 heterocycles. The zero-order chi connectivity index (χ0) is 13.1. The molecule has 2 aliphatic carbocycles. The molecule has 0 aromatic heterocycles. The Hall–Kier alpha value is -1.60. The zero-order valence-electron chi connectivity index (χ0n) is 11.6. The van der Waals surface area contributed by atoms with Crippen LogP contribution in [0.5, 0.6) is 0 Å². The maximum Gasteiger partial charge on any atom is 0.0918 e. The van der Waals surface area contributed by atoms with Gasteiger partial charge in [0.2, 0.25) is 0 Å². The fraction of sp³-hybridized carbons (Fsp3) is 0.368. The Morgan fingerprint density at radius 1 is 0.750 bits per heavy atom. The second kappa shape index (κ2) is 3.95. The molecule has 0 amide bonds. The van der Waals surface area contributed by atoms with Crippen molar-refractivity contribution in [3.8, 4) is 0 Å². The normalized spacial score (nSPS) is 25.8. The van der Waals surface area contributed by atoms with Gasteiger partial charge in [0, 0.05) is 5.92 Å². The predicted octanol–water partition coefficient (Wildman–Crippen LogP) is 3.74. The van der Waals surface area contributed by atoms with Crippen molar-refractivity contribution in [2.75, 3.05) is 6.61 Å². The predicted molar refractivity (Wildman–Crippen MR) is 79.1 cm³/mol. The van der Waals surface area contributed by atoms with Crippen molar-refractivity contribution in [1.82, 2.24) is 0 Å². The first-order chi connectivity index (χ1) is 9.88. The SMILES string of the molecule is c1cc2c3cc1CCc1ccc(c(c1)[C@@H]1OC[C@H]31)CC2. The molecule has 100 valence electrons. The molecule has 20 heavy (non-hydrogen) atoms. The van der Waals surface area contributed by atoms with E-state index >= 15 is 0 Å². The minimum atomic E-state index is 0.303. The van der Waals surface area contributed by atoms with Crippen molar-refractivity contribution in [2.45, 2.75) is 37.7 Å². The largest absolute Gasteiger partial charge is 0.372 e. The van der Waals surface area contributed by atoms with Crippen LogP contribution in [-0.4, -0.2) is 6.61 Å². The van der Waals surface area contributed by atoms with Gasteiger partial charge in [-0.15, -0.1) is 0 Å². The number of rotatable bonds is 0. The molecule has 1 heteroatoms. The van der Waals surface area contributed by atoms with Crippen LogP contribution in [0.3, 0.4) is 0 Å². The van der Waals surface area contributed by atoms with Gasteiger partial charge in [-0.3, -0.25) is 0 Å². The molecule has 0 radical (unpaired) electrons. The zero-order valence-corrected chi connectivity index (χ0v) is 11.6. The molecule has 0 spiro atoms. The summed E-state index contributed by atoms with van der Waals surface area (Å²) < 4.78 is 5.97. The number of hydrogen-bond acceptors (Lipinski definition) is 1. The van der Waals surface area contributed by atoms with E-state index < -0.39 is 0 Å². The van der Waals surface area contributed by atoms with E-state index in [1.807, 2.05) is 0 Å². The summed E-state index contributed by atoms with van der Waals surface area (Å²) in [6.45, 7) is 0.894. The topological polar surface area (TPSA) is 9.23 Å². The van der Waals surface area contributed by atoms with Crippen LogP contribution in [0.25, 0.3) is 0 Å². The van der Waals surface area contributed by atoms with Gasteiger partial charge in [0.25, 0.3) is 0 Å². The number of fused-ring (bicyclic) bond motifs is 2. The van der Waals surface area contributed by atoms with Crippen LogP contribution in [0.15, 0.2) is 36.4 Å². The van der Waals surface area contributed by atoms with Gasteiger partial charge in [-0.1, -0.05) is 36.4 Å². The molecule has 1 aliphatic heterocycles. The fourth-order valence-corrected chi connectivity index (χ4v) is 4.07. The molecular weight excluding hydrogens is 244 g/mol. The summed E-state index contributed by atoms with van der Waals surface area (Å²) in [5, 5.41) is 0. The van der Waals surface area contributed by atoms with Crippen LogP contribution >= 0.6 is 0 Å². The van der Waals surface area contributed by atoms with Gasteiger partial charge in [0.05, 0.1) is 12.7 Å². The average molecular weight is 262 g/mol. The van der Waals surface area contributed by atoms with E-state index in [0.29, 0.717) is 12.0 Å². The van der Waals surface area contributed by atoms with E-state index in [2.05, 4.69) is 36.4 Å². The highest BCUT2D eigenvalue weighted by molar-refractivity contribution is 5.45. The van der Waals surface area contributed by atoms with Crippen LogP contribution in [-0.2, 0) is 30.4 Å². The Labute approximate surface area is 119 Å². The highest BCUT2D eigenvalue weighted by Crippen LogP contribution is 2.47. The second-order valence-electron chi connectivity index (χ2n) is 6.43. The van der Waals surface area contributed by atoms with Gasteiger partial charge in [-0.05, 0) is 59.1 Å². The molecule has 0 saturated carbocycles. The van der Waals surface area contributed by atoms with Crippen molar-refractivity contribution < 1.29 is 4.74 Å². The standard InChI is InChI=1S/C19H18O/c1-2-13-4-6-15-8-7-14-5-3-12(1)9-16(14)18-11-20-19(18)17(15)10-13/h3-6,9-10,18-19H,1-2,7-8,11H2/t18-,19+/m1/s1. The van der Waals surface area contributed by atoms with Crippen LogP contribution in [0.4, 0.5) is 0 Å². The van der Waals surface area contributed by atoms with E-state index in [4.69, 9.17) is 4.74 Å². The Morgan fingerprint density at radius 2 is 1.40 bits per heavy atom. The Morgan fingerprint density at radius 3 is 2.05 bits per heavy atom. The lowest BCUT2D eigenvalue weighted by molar-refractivity contribution is -0.0808. The third kappa shape index (κ3) is 1.47. The lowest BCUT2D eigenvalue weighted by Gasteiger charge is -2.41. The monoisotopic (exact) mass is 262 g/mol. The summed E-state index contributed by atoms with van der Waals surface area (Å²) in [6.07, 6.45) is 4.92. The van der Waals surface area contributed by atoms with Crippen molar-refractivity contribution >= 4 is 0 Å². The van der Waals surface area contributed by atoms with Crippen molar-refractivity contribution in [1.29, 1.82) is 0 Å². The number of ether oxygens (including phenoxy) is 1. The average Bonchev–Trinajstić information content (AvgIpc) is 2.41. The molecule has 1 saturated heterocycles. The van der Waals surface area contributed by atoms with Crippen LogP contribution in [0.1, 0.15) is 45.4 Å². The first-order valence-corrected chi connectivity index (χ1v) is 7.73. The van der Waals surface area contributed by atoms with Crippen LogP contribution in [0.2, 0.25) is 0 Å². The maximum atomic E-state index is 5.97. The van der Waals surface area contributed by atoms with Crippen LogP contribution in [0, 0.1) is 0 Å². The minimum absolute atomic E-state index is 0.303. The van der Waals surface area contributed by atoms with E-state index in [9.17, 15) is 0 Å². The first-order valence-electron chi connectivity index (χ1n) is 7.73. The van der Waals surface area contributed by atoms with Gasteiger partial charge in [0.1, 0.15) is 0 Å².